The third-order valence-corrected chi connectivity index (χ3v) is 3.44. The van der Waals surface area contributed by atoms with Crippen LogP contribution >= 0.6 is 0 Å². The summed E-state index contributed by atoms with van der Waals surface area (Å²) in [5, 5.41) is 3.24. The number of nitrogens with one attached hydrogen (secondary N) is 1. The Kier molecular flexibility index (Phi) is 4.27. The predicted molar refractivity (Wildman–Crippen MR) is 76.0 cm³/mol. The van der Waals surface area contributed by atoms with Crippen molar-refractivity contribution in [3.8, 4) is 5.75 Å². The molecule has 0 aromatic heterocycles. The van der Waals surface area contributed by atoms with Crippen molar-refractivity contribution in [3.05, 3.63) is 23.8 Å². The summed E-state index contributed by atoms with van der Waals surface area (Å²) in [6.07, 6.45) is 0. The molecular formula is C14H21N3O2. The molecule has 1 saturated heterocycles. The van der Waals surface area contributed by atoms with Crippen LogP contribution in [-0.2, 0) is 0 Å². The number of carbonyl (C=O) groups excluding carboxylic acids is 1. The molecule has 104 valence electrons. The Morgan fingerprint density at radius 1 is 1.37 bits per heavy atom. The van der Waals surface area contributed by atoms with E-state index in [1.54, 1.807) is 12.0 Å². The minimum absolute atomic E-state index is 0.0473. The molecule has 5 nitrogen and oxygen atoms in total. The largest absolute Gasteiger partial charge is 0.496 e. The molecule has 1 N–H and O–H groups in total. The second-order valence-corrected chi connectivity index (χ2v) is 4.73. The minimum Gasteiger partial charge on any atom is -0.496 e. The van der Waals surface area contributed by atoms with Crippen LogP contribution in [0.3, 0.4) is 0 Å². The van der Waals surface area contributed by atoms with E-state index < -0.39 is 0 Å². The van der Waals surface area contributed by atoms with Crippen molar-refractivity contribution in [2.75, 3.05) is 45.2 Å². The van der Waals surface area contributed by atoms with Crippen molar-refractivity contribution in [1.29, 1.82) is 0 Å². The van der Waals surface area contributed by atoms with E-state index in [1.807, 2.05) is 37.1 Å². The van der Waals surface area contributed by atoms with Crippen LogP contribution in [0.2, 0.25) is 0 Å². The van der Waals surface area contributed by atoms with Gasteiger partial charge in [0.1, 0.15) is 5.75 Å². The van der Waals surface area contributed by atoms with Crippen molar-refractivity contribution < 1.29 is 9.53 Å². The third-order valence-electron chi connectivity index (χ3n) is 3.44. The number of carbonyl (C=O) groups is 1. The van der Waals surface area contributed by atoms with Crippen LogP contribution in [0.15, 0.2) is 18.2 Å². The first-order valence-electron chi connectivity index (χ1n) is 6.51. The number of urea groups is 1. The Hall–Kier alpha value is -1.75. The summed E-state index contributed by atoms with van der Waals surface area (Å²) in [6, 6.07) is 5.82. The van der Waals surface area contributed by atoms with Crippen LogP contribution in [0.1, 0.15) is 5.56 Å². The van der Waals surface area contributed by atoms with Gasteiger partial charge in [-0.15, -0.1) is 0 Å². The maximum atomic E-state index is 12.4. The van der Waals surface area contributed by atoms with E-state index in [0.717, 1.165) is 43.2 Å². The maximum Gasteiger partial charge on any atom is 0.324 e. The molecule has 2 rings (SSSR count). The fourth-order valence-electron chi connectivity index (χ4n) is 2.25. The number of amides is 2. The lowest BCUT2D eigenvalue weighted by molar-refractivity contribution is 0.198. The zero-order chi connectivity index (χ0) is 13.8. The average molecular weight is 263 g/mol. The zero-order valence-corrected chi connectivity index (χ0v) is 11.8. The Morgan fingerprint density at radius 3 is 2.63 bits per heavy atom. The molecule has 0 radical (unpaired) electrons. The van der Waals surface area contributed by atoms with Crippen LogP contribution in [0, 0.1) is 6.92 Å². The molecular weight excluding hydrogens is 242 g/mol. The normalized spacial score (nSPS) is 15.2. The summed E-state index contributed by atoms with van der Waals surface area (Å²) in [6.45, 7) is 5.23. The molecule has 1 aromatic carbocycles. The molecule has 1 aromatic rings. The third kappa shape index (κ3) is 2.98. The summed E-state index contributed by atoms with van der Waals surface area (Å²) >= 11 is 0. The molecule has 0 unspecified atom stereocenters. The number of methoxy groups -OCH3 is 1. The van der Waals surface area contributed by atoms with Gasteiger partial charge in [-0.1, -0.05) is 0 Å². The van der Waals surface area contributed by atoms with Gasteiger partial charge in [-0.25, -0.2) is 4.79 Å². The highest BCUT2D eigenvalue weighted by Gasteiger charge is 2.21. The fraction of sp³-hybridized carbons (Fsp3) is 0.500. The van der Waals surface area contributed by atoms with Crippen LogP contribution in [-0.4, -0.2) is 51.3 Å². The second-order valence-electron chi connectivity index (χ2n) is 4.73. The highest BCUT2D eigenvalue weighted by molar-refractivity contribution is 5.91. The van der Waals surface area contributed by atoms with Crippen molar-refractivity contribution in [3.63, 3.8) is 0 Å². The van der Waals surface area contributed by atoms with Gasteiger partial charge in [0.15, 0.2) is 0 Å². The summed E-state index contributed by atoms with van der Waals surface area (Å²) in [5.74, 6) is 0.840. The van der Waals surface area contributed by atoms with E-state index in [-0.39, 0.29) is 6.03 Å². The topological polar surface area (TPSA) is 44.8 Å². The summed E-state index contributed by atoms with van der Waals surface area (Å²) in [5.41, 5.74) is 1.92. The SMILES string of the molecule is COc1ccc(N(C)C(=O)N2CCNCC2)cc1C. The molecule has 0 bridgehead atoms. The number of ether oxygens (including phenoxy) is 1. The first kappa shape index (κ1) is 13.7. The lowest BCUT2D eigenvalue weighted by Crippen LogP contribution is -2.50. The van der Waals surface area contributed by atoms with Crippen molar-refractivity contribution in [1.82, 2.24) is 10.2 Å². The Bertz CT molecular complexity index is 456. The molecule has 0 saturated carbocycles. The highest BCUT2D eigenvalue weighted by atomic mass is 16.5. The van der Waals surface area contributed by atoms with E-state index in [0.29, 0.717) is 0 Å². The molecule has 2 amide bonds. The number of benzene rings is 1. The average Bonchev–Trinajstić information content (AvgIpc) is 2.46. The molecule has 0 aliphatic carbocycles. The smallest absolute Gasteiger partial charge is 0.324 e. The van der Waals surface area contributed by atoms with Gasteiger partial charge in [0.25, 0.3) is 0 Å². The number of rotatable bonds is 2. The van der Waals surface area contributed by atoms with Crippen LogP contribution in [0.5, 0.6) is 5.75 Å². The number of anilines is 1. The maximum absolute atomic E-state index is 12.4. The molecule has 19 heavy (non-hydrogen) atoms. The lowest BCUT2D eigenvalue weighted by Gasteiger charge is -2.31. The van der Waals surface area contributed by atoms with E-state index in [4.69, 9.17) is 4.74 Å². The quantitative estimate of drug-likeness (QED) is 0.878. The Labute approximate surface area is 114 Å². The summed E-state index contributed by atoms with van der Waals surface area (Å²) < 4.78 is 5.23. The van der Waals surface area contributed by atoms with Gasteiger partial charge in [0.05, 0.1) is 7.11 Å². The summed E-state index contributed by atoms with van der Waals surface area (Å²) in [4.78, 5) is 15.9. The Morgan fingerprint density at radius 2 is 2.05 bits per heavy atom. The molecule has 1 aliphatic heterocycles. The standard InChI is InChI=1S/C14H21N3O2/c1-11-10-12(4-5-13(11)19-3)16(2)14(18)17-8-6-15-7-9-17/h4-5,10,15H,6-9H2,1-3H3. The van der Waals surface area contributed by atoms with Crippen LogP contribution in [0.4, 0.5) is 10.5 Å². The molecule has 0 spiro atoms. The molecule has 1 heterocycles. The van der Waals surface area contributed by atoms with E-state index >= 15 is 0 Å². The number of nitrogens with zero attached hydrogens (tertiary/aromatic N) is 2. The van der Waals surface area contributed by atoms with Gasteiger partial charge < -0.3 is 15.0 Å². The molecule has 1 fully saturated rings. The summed E-state index contributed by atoms with van der Waals surface area (Å²) in [7, 11) is 3.46. The highest BCUT2D eigenvalue weighted by Crippen LogP contribution is 2.24. The van der Waals surface area contributed by atoms with E-state index in [1.165, 1.54) is 0 Å². The van der Waals surface area contributed by atoms with Crippen LogP contribution in [0.25, 0.3) is 0 Å². The van der Waals surface area contributed by atoms with E-state index in [9.17, 15) is 4.79 Å². The van der Waals surface area contributed by atoms with Gasteiger partial charge in [-0.2, -0.15) is 0 Å². The monoisotopic (exact) mass is 263 g/mol. The van der Waals surface area contributed by atoms with Gasteiger partial charge in [0, 0.05) is 38.9 Å². The predicted octanol–water partition coefficient (Wildman–Crippen LogP) is 1.47. The lowest BCUT2D eigenvalue weighted by atomic mass is 10.2. The molecule has 5 heteroatoms. The van der Waals surface area contributed by atoms with Crippen molar-refractivity contribution in [2.45, 2.75) is 6.92 Å². The first-order chi connectivity index (χ1) is 9.13. The van der Waals surface area contributed by atoms with Crippen LogP contribution < -0.4 is 15.0 Å². The number of aryl methyl sites for hydroxylation is 1. The first-order valence-corrected chi connectivity index (χ1v) is 6.51. The number of hydrogen-bond donors (Lipinski definition) is 1. The van der Waals surface area contributed by atoms with Gasteiger partial charge >= 0.3 is 6.03 Å². The molecule has 1 aliphatic rings. The molecule has 0 atom stereocenters. The number of piperazine rings is 1. The van der Waals surface area contributed by atoms with Gasteiger partial charge in [-0.05, 0) is 30.7 Å². The van der Waals surface area contributed by atoms with Crippen molar-refractivity contribution in [2.24, 2.45) is 0 Å². The van der Waals surface area contributed by atoms with Crippen molar-refractivity contribution >= 4 is 11.7 Å². The van der Waals surface area contributed by atoms with Gasteiger partial charge in [0.2, 0.25) is 0 Å². The fourth-order valence-corrected chi connectivity index (χ4v) is 2.25. The van der Waals surface area contributed by atoms with E-state index in [2.05, 4.69) is 5.32 Å². The zero-order valence-electron chi connectivity index (χ0n) is 11.8. The Balaban J connectivity index is 2.11. The van der Waals surface area contributed by atoms with Gasteiger partial charge in [-0.3, -0.25) is 4.90 Å². The second kappa shape index (κ2) is 5.93. The minimum atomic E-state index is 0.0473. The number of hydrogen-bond acceptors (Lipinski definition) is 3.